The fraction of sp³-hybridized carbons (Fsp3) is 1.00. The average molecular weight is 257 g/mol. The molecule has 0 fully saturated rings. The molecule has 7 nitrogen and oxygen atoms in total. The van der Waals surface area contributed by atoms with Crippen molar-refractivity contribution in [2.45, 2.75) is 24.9 Å². The zero-order chi connectivity index (χ0) is 11.9. The molecule has 92 valence electrons. The highest BCUT2D eigenvalue weighted by Crippen LogP contribution is 2.01. The van der Waals surface area contributed by atoms with E-state index in [9.17, 15) is 0 Å². The first-order chi connectivity index (χ1) is 6.71. The summed E-state index contributed by atoms with van der Waals surface area (Å²) in [6.07, 6.45) is 0.880. The zero-order valence-electron chi connectivity index (χ0n) is 8.43. The van der Waals surface area contributed by atoms with Crippen LogP contribution >= 0.6 is 0 Å². The Morgan fingerprint density at radius 2 is 1.00 bits per heavy atom. The van der Waals surface area contributed by atoms with Crippen molar-refractivity contribution in [3.63, 3.8) is 0 Å². The minimum Gasteiger partial charge on any atom is -0.390 e. The lowest BCUT2D eigenvalue weighted by Gasteiger charge is -2.10. The minimum atomic E-state index is -3.91. The monoisotopic (exact) mass is 257 g/mol. The van der Waals surface area contributed by atoms with Gasteiger partial charge in [-0.25, -0.2) is 0 Å². The second-order valence-electron chi connectivity index (χ2n) is 3.51. The van der Waals surface area contributed by atoms with Gasteiger partial charge in [0.15, 0.2) is 0 Å². The van der Waals surface area contributed by atoms with E-state index < -0.39 is 17.6 Å². The highest BCUT2D eigenvalue weighted by molar-refractivity contribution is 6.56. The van der Waals surface area contributed by atoms with Crippen molar-refractivity contribution in [3.8, 4) is 0 Å². The van der Waals surface area contributed by atoms with Gasteiger partial charge in [0.1, 0.15) is 0 Å². The maximum absolute atomic E-state index is 8.66. The first-order valence-electron chi connectivity index (χ1n) is 4.76. The number of rotatable bonds is 8. The van der Waals surface area contributed by atoms with Gasteiger partial charge in [-0.15, -0.1) is 0 Å². The van der Waals surface area contributed by atoms with Crippen LogP contribution in [-0.4, -0.2) is 59.5 Å². The lowest BCUT2D eigenvalue weighted by Crippen LogP contribution is -2.36. The molecule has 0 amide bonds. The molecule has 9 heteroatoms. The molecule has 0 aliphatic heterocycles. The molecule has 7 N–H and O–H groups in total. The summed E-state index contributed by atoms with van der Waals surface area (Å²) >= 11 is 0. The molecule has 0 spiro atoms. The molecule has 0 aromatic heterocycles. The summed E-state index contributed by atoms with van der Waals surface area (Å²) in [5, 5.41) is 2.91. The largest absolute Gasteiger partial charge is 0.492 e. The fourth-order valence-electron chi connectivity index (χ4n) is 1.03. The minimum absolute atomic E-state index is 0.0152. The van der Waals surface area contributed by atoms with Crippen LogP contribution in [0.25, 0.3) is 0 Å². The second kappa shape index (κ2) is 6.68. The van der Waals surface area contributed by atoms with E-state index in [0.29, 0.717) is 25.9 Å². The lowest BCUT2D eigenvalue weighted by atomic mass is 10.4. The Hall–Kier alpha value is 0.154. The van der Waals surface area contributed by atoms with Crippen LogP contribution in [0.1, 0.15) is 12.8 Å². The van der Waals surface area contributed by atoms with E-state index in [4.69, 9.17) is 28.8 Å². The Balaban J connectivity index is 3.20. The van der Waals surface area contributed by atoms with E-state index >= 15 is 0 Å². The molecule has 0 bridgehead atoms. The molecule has 0 aliphatic rings. The molecular formula is C6H19NO6Si2. The summed E-state index contributed by atoms with van der Waals surface area (Å²) in [7, 11) is -7.82. The Kier molecular flexibility index (Phi) is 6.74. The number of hydrogen-bond acceptors (Lipinski definition) is 7. The molecule has 0 saturated carbocycles. The molecule has 0 unspecified atom stereocenters. The SMILES string of the molecule is O[Si](O)(O)CCCNCCC[Si](O)(O)O. The standard InChI is InChI=1S/C6H19NO6Si2/c8-14(9,10)5-1-3-7-4-2-6-15(11,12)13/h7-13H,1-6H2. The smallest absolute Gasteiger partial charge is 0.390 e. The molecule has 0 aromatic rings. The number of nitrogens with one attached hydrogen (secondary N) is 1. The van der Waals surface area contributed by atoms with Gasteiger partial charge in [0.05, 0.1) is 0 Å². The molecule has 0 aliphatic carbocycles. The molecule has 0 heterocycles. The average Bonchev–Trinajstić information content (AvgIpc) is 1.98. The van der Waals surface area contributed by atoms with Crippen LogP contribution in [0, 0.1) is 0 Å². The van der Waals surface area contributed by atoms with Gasteiger partial charge in [-0.2, -0.15) is 0 Å². The second-order valence-corrected chi connectivity index (χ2v) is 7.60. The van der Waals surface area contributed by atoms with Crippen LogP contribution in [-0.2, 0) is 0 Å². The van der Waals surface area contributed by atoms with Gasteiger partial charge in [-0.1, -0.05) is 0 Å². The van der Waals surface area contributed by atoms with E-state index in [-0.39, 0.29) is 12.1 Å². The van der Waals surface area contributed by atoms with Crippen LogP contribution in [0.15, 0.2) is 0 Å². The Morgan fingerprint density at radius 3 is 1.27 bits per heavy atom. The van der Waals surface area contributed by atoms with Crippen molar-refractivity contribution in [3.05, 3.63) is 0 Å². The van der Waals surface area contributed by atoms with Crippen LogP contribution in [0.2, 0.25) is 12.1 Å². The fourth-order valence-corrected chi connectivity index (χ4v) is 2.33. The highest BCUT2D eigenvalue weighted by Gasteiger charge is 2.26. The Bertz CT molecular complexity index is 150. The van der Waals surface area contributed by atoms with E-state index in [1.807, 2.05) is 0 Å². The lowest BCUT2D eigenvalue weighted by molar-refractivity contribution is 0.225. The molecule has 0 saturated heterocycles. The maximum atomic E-state index is 8.66. The van der Waals surface area contributed by atoms with Crippen molar-refractivity contribution < 1.29 is 28.8 Å². The quantitative estimate of drug-likeness (QED) is 0.184. The number of hydrogen-bond donors (Lipinski definition) is 7. The van der Waals surface area contributed by atoms with Gasteiger partial charge in [0, 0.05) is 12.1 Å². The van der Waals surface area contributed by atoms with Crippen molar-refractivity contribution in [2.24, 2.45) is 0 Å². The van der Waals surface area contributed by atoms with Gasteiger partial charge in [-0.3, -0.25) is 0 Å². The summed E-state index contributed by atoms with van der Waals surface area (Å²) in [5.41, 5.74) is 0. The van der Waals surface area contributed by atoms with E-state index in [1.54, 1.807) is 0 Å². The molecule has 15 heavy (non-hydrogen) atoms. The van der Waals surface area contributed by atoms with Gasteiger partial charge in [0.2, 0.25) is 0 Å². The van der Waals surface area contributed by atoms with Crippen LogP contribution < -0.4 is 5.32 Å². The van der Waals surface area contributed by atoms with Gasteiger partial charge in [-0.05, 0) is 25.9 Å². The van der Waals surface area contributed by atoms with Gasteiger partial charge >= 0.3 is 17.6 Å². The van der Waals surface area contributed by atoms with E-state index in [2.05, 4.69) is 5.32 Å². The molecule has 0 aromatic carbocycles. The van der Waals surface area contributed by atoms with E-state index in [1.165, 1.54) is 0 Å². The molecule has 0 atom stereocenters. The van der Waals surface area contributed by atoms with Crippen LogP contribution in [0.3, 0.4) is 0 Å². The van der Waals surface area contributed by atoms with Crippen molar-refractivity contribution in [2.75, 3.05) is 13.1 Å². The third kappa shape index (κ3) is 14.2. The van der Waals surface area contributed by atoms with Crippen molar-refractivity contribution in [1.29, 1.82) is 0 Å². The maximum Gasteiger partial charge on any atom is 0.492 e. The highest BCUT2D eigenvalue weighted by atomic mass is 28.4. The van der Waals surface area contributed by atoms with Crippen LogP contribution in [0.5, 0.6) is 0 Å². The Labute approximate surface area is 90.4 Å². The topological polar surface area (TPSA) is 133 Å². The summed E-state index contributed by atoms with van der Waals surface area (Å²) in [6.45, 7) is 1.01. The molecular weight excluding hydrogens is 238 g/mol. The summed E-state index contributed by atoms with van der Waals surface area (Å²) in [6, 6.07) is -0.0304. The normalized spacial score (nSPS) is 13.2. The first-order valence-corrected chi connectivity index (χ1v) is 8.85. The Morgan fingerprint density at radius 1 is 0.667 bits per heavy atom. The molecule has 0 rings (SSSR count). The molecule has 0 radical (unpaired) electrons. The van der Waals surface area contributed by atoms with Crippen molar-refractivity contribution in [1.82, 2.24) is 5.32 Å². The van der Waals surface area contributed by atoms with Crippen LogP contribution in [0.4, 0.5) is 0 Å². The van der Waals surface area contributed by atoms with Gasteiger partial charge < -0.3 is 34.1 Å². The van der Waals surface area contributed by atoms with E-state index in [0.717, 1.165) is 0 Å². The van der Waals surface area contributed by atoms with Gasteiger partial charge in [0.25, 0.3) is 0 Å². The first kappa shape index (κ1) is 15.2. The third-order valence-electron chi connectivity index (χ3n) is 1.73. The predicted molar refractivity (Wildman–Crippen MR) is 56.5 cm³/mol. The summed E-state index contributed by atoms with van der Waals surface area (Å²) in [4.78, 5) is 51.9. The summed E-state index contributed by atoms with van der Waals surface area (Å²) < 4.78 is 0. The van der Waals surface area contributed by atoms with Crippen molar-refractivity contribution >= 4 is 17.6 Å². The zero-order valence-corrected chi connectivity index (χ0v) is 10.4. The predicted octanol–water partition coefficient (Wildman–Crippen LogP) is -2.81. The third-order valence-corrected chi connectivity index (χ3v) is 3.78. The summed E-state index contributed by atoms with van der Waals surface area (Å²) in [5.74, 6) is 0.